The van der Waals surface area contributed by atoms with E-state index in [4.69, 9.17) is 9.92 Å². The van der Waals surface area contributed by atoms with Gasteiger partial charge in [-0.25, -0.2) is 0 Å². The summed E-state index contributed by atoms with van der Waals surface area (Å²) >= 11 is 0. The molecule has 0 aromatic heterocycles. The summed E-state index contributed by atoms with van der Waals surface area (Å²) in [4.78, 5) is -0.597. The summed E-state index contributed by atoms with van der Waals surface area (Å²) in [6.45, 7) is 0. The second kappa shape index (κ2) is 7.42. The Balaban J connectivity index is 1.80. The van der Waals surface area contributed by atoms with Crippen molar-refractivity contribution in [2.75, 3.05) is 5.73 Å². The van der Waals surface area contributed by atoms with Gasteiger partial charge in [0.2, 0.25) is 0 Å². The summed E-state index contributed by atoms with van der Waals surface area (Å²) in [5.74, 6) is 0.510. The lowest BCUT2D eigenvalue weighted by Gasteiger charge is -2.22. The summed E-state index contributed by atoms with van der Waals surface area (Å²) in [5.41, 5.74) is 4.67. The number of hydrogen-bond acceptors (Lipinski definition) is 4. The number of hydrogen-bond donors (Lipinski definition) is 1. The van der Waals surface area contributed by atoms with Crippen LogP contribution in [-0.4, -0.2) is 8.42 Å². The fraction of sp³-hybridized carbons (Fsp3) is 0.368. The number of nitrogens with two attached hydrogens (primary N) is 1. The zero-order valence-electron chi connectivity index (χ0n) is 14.5. The number of anilines is 1. The van der Waals surface area contributed by atoms with E-state index in [0.29, 0.717) is 12.0 Å². The van der Waals surface area contributed by atoms with Crippen molar-refractivity contribution in [1.29, 1.82) is 0 Å². The first-order valence-corrected chi connectivity index (χ1v) is 10.1. The van der Waals surface area contributed by atoms with Crippen molar-refractivity contribution in [2.24, 2.45) is 0 Å². The van der Waals surface area contributed by atoms with E-state index in [1.807, 2.05) is 12.1 Å². The van der Waals surface area contributed by atoms with Crippen molar-refractivity contribution in [3.8, 4) is 5.75 Å². The van der Waals surface area contributed by atoms with Gasteiger partial charge < -0.3 is 9.92 Å². The second-order valence-corrected chi connectivity index (χ2v) is 8.23. The van der Waals surface area contributed by atoms with E-state index in [1.165, 1.54) is 31.4 Å². The molecule has 1 aliphatic rings. The van der Waals surface area contributed by atoms with Crippen molar-refractivity contribution >= 4 is 15.8 Å². The summed E-state index contributed by atoms with van der Waals surface area (Å²) in [5, 5.41) is 0. The minimum atomic E-state index is -4.75. The Morgan fingerprint density at radius 1 is 0.963 bits per heavy atom. The van der Waals surface area contributed by atoms with E-state index in [9.17, 15) is 21.6 Å². The van der Waals surface area contributed by atoms with Gasteiger partial charge in [0.1, 0.15) is 10.6 Å². The molecule has 1 aliphatic carbocycles. The number of halogens is 3. The van der Waals surface area contributed by atoms with Crippen molar-refractivity contribution in [3.63, 3.8) is 0 Å². The lowest BCUT2D eigenvalue weighted by atomic mass is 9.84. The molecule has 27 heavy (non-hydrogen) atoms. The van der Waals surface area contributed by atoms with E-state index >= 15 is 0 Å². The van der Waals surface area contributed by atoms with E-state index in [1.54, 1.807) is 0 Å². The Morgan fingerprint density at radius 3 is 2.19 bits per heavy atom. The van der Waals surface area contributed by atoms with Gasteiger partial charge in [-0.05, 0) is 54.7 Å². The van der Waals surface area contributed by atoms with Gasteiger partial charge in [0, 0.05) is 5.69 Å². The molecule has 2 aromatic rings. The number of alkyl halides is 3. The van der Waals surface area contributed by atoms with Crippen molar-refractivity contribution < 1.29 is 25.8 Å². The molecule has 0 heterocycles. The third-order valence-corrected chi connectivity index (χ3v) is 6.02. The monoisotopic (exact) mass is 399 g/mol. The van der Waals surface area contributed by atoms with Crippen molar-refractivity contribution in [1.82, 2.24) is 0 Å². The van der Waals surface area contributed by atoms with E-state index in [2.05, 4.69) is 0 Å². The van der Waals surface area contributed by atoms with Crippen LogP contribution in [0.25, 0.3) is 0 Å². The molecule has 0 saturated heterocycles. The molecule has 1 fully saturated rings. The maximum absolute atomic E-state index is 12.9. The molecule has 2 aromatic carbocycles. The Morgan fingerprint density at radius 2 is 1.59 bits per heavy atom. The fourth-order valence-corrected chi connectivity index (χ4v) is 4.30. The minimum Gasteiger partial charge on any atom is -0.398 e. The van der Waals surface area contributed by atoms with Crippen LogP contribution in [-0.2, 0) is 16.3 Å². The van der Waals surface area contributed by atoms with Gasteiger partial charge in [-0.1, -0.05) is 31.4 Å². The van der Waals surface area contributed by atoms with Gasteiger partial charge >= 0.3 is 16.3 Å². The van der Waals surface area contributed by atoms with Crippen molar-refractivity contribution in [3.05, 3.63) is 53.6 Å². The lowest BCUT2D eigenvalue weighted by molar-refractivity contribution is -0.137. The Hall–Kier alpha value is -2.22. The fourth-order valence-electron chi connectivity index (χ4n) is 3.34. The van der Waals surface area contributed by atoms with Crippen molar-refractivity contribution in [2.45, 2.75) is 49.1 Å². The molecule has 8 heteroatoms. The minimum absolute atomic E-state index is 0.0555. The predicted molar refractivity (Wildman–Crippen MR) is 95.9 cm³/mol. The molecule has 0 unspecified atom stereocenters. The third-order valence-electron chi connectivity index (χ3n) is 4.78. The standard InChI is InChI=1S/C19H20F3NO3S/c20-19(21,22)17-12-16(10-11-18(17)23)27(24,25)26-15-8-6-14(7-9-15)13-4-2-1-3-5-13/h6-13H,1-5,23H2. The molecule has 0 aliphatic heterocycles. The van der Waals surface area contributed by atoms with Crippen LogP contribution in [0.4, 0.5) is 18.9 Å². The van der Waals surface area contributed by atoms with E-state index in [0.717, 1.165) is 30.5 Å². The van der Waals surface area contributed by atoms with Crippen LogP contribution in [0.1, 0.15) is 49.1 Å². The average Bonchev–Trinajstić information content (AvgIpc) is 2.62. The molecule has 1 saturated carbocycles. The van der Waals surface area contributed by atoms with Gasteiger partial charge in [-0.3, -0.25) is 0 Å². The molecule has 4 nitrogen and oxygen atoms in total. The zero-order chi connectivity index (χ0) is 19.7. The zero-order valence-corrected chi connectivity index (χ0v) is 15.3. The Bertz CT molecular complexity index is 903. The van der Waals surface area contributed by atoms with Gasteiger partial charge in [0.05, 0.1) is 5.56 Å². The molecule has 2 N–H and O–H groups in total. The van der Waals surface area contributed by atoms with E-state index in [-0.39, 0.29) is 5.75 Å². The van der Waals surface area contributed by atoms with Gasteiger partial charge in [-0.15, -0.1) is 0 Å². The molecular formula is C19H20F3NO3S. The molecule has 0 amide bonds. The van der Waals surface area contributed by atoms with Crippen LogP contribution < -0.4 is 9.92 Å². The first kappa shape index (κ1) is 19.5. The second-order valence-electron chi connectivity index (χ2n) is 6.69. The summed E-state index contributed by atoms with van der Waals surface area (Å²) in [6.07, 6.45) is 1.04. The smallest absolute Gasteiger partial charge is 0.398 e. The topological polar surface area (TPSA) is 69.4 Å². The van der Waals surface area contributed by atoms with Crippen LogP contribution in [0.2, 0.25) is 0 Å². The highest BCUT2D eigenvalue weighted by Crippen LogP contribution is 2.36. The van der Waals surface area contributed by atoms with Crippen LogP contribution in [0.15, 0.2) is 47.4 Å². The summed E-state index contributed by atoms with van der Waals surface area (Å²) in [6, 6.07) is 9.07. The largest absolute Gasteiger partial charge is 0.418 e. The maximum atomic E-state index is 12.9. The molecular weight excluding hydrogens is 379 g/mol. The summed E-state index contributed by atoms with van der Waals surface area (Å²) in [7, 11) is -4.41. The molecule has 146 valence electrons. The molecule has 0 bridgehead atoms. The lowest BCUT2D eigenvalue weighted by Crippen LogP contribution is -2.14. The molecule has 0 radical (unpaired) electrons. The highest BCUT2D eigenvalue weighted by Gasteiger charge is 2.34. The first-order chi connectivity index (χ1) is 12.7. The van der Waals surface area contributed by atoms with Crippen LogP contribution >= 0.6 is 0 Å². The average molecular weight is 399 g/mol. The number of benzene rings is 2. The quantitative estimate of drug-likeness (QED) is 0.573. The van der Waals surface area contributed by atoms with Gasteiger partial charge in [0.15, 0.2) is 0 Å². The maximum Gasteiger partial charge on any atom is 0.418 e. The Labute approximate surface area is 156 Å². The molecule has 3 rings (SSSR count). The molecule has 0 atom stereocenters. The highest BCUT2D eigenvalue weighted by atomic mass is 32.2. The normalized spacial score (nSPS) is 16.3. The van der Waals surface area contributed by atoms with Crippen LogP contribution in [0, 0.1) is 0 Å². The van der Waals surface area contributed by atoms with Gasteiger partial charge in [-0.2, -0.15) is 21.6 Å². The van der Waals surface area contributed by atoms with Gasteiger partial charge in [0.25, 0.3) is 0 Å². The third kappa shape index (κ3) is 4.55. The first-order valence-electron chi connectivity index (χ1n) is 8.68. The number of rotatable bonds is 4. The highest BCUT2D eigenvalue weighted by molar-refractivity contribution is 7.87. The SMILES string of the molecule is Nc1ccc(S(=O)(=O)Oc2ccc(C3CCCCC3)cc2)cc1C(F)(F)F. The van der Waals surface area contributed by atoms with Crippen LogP contribution in [0.5, 0.6) is 5.75 Å². The molecule has 0 spiro atoms. The van der Waals surface area contributed by atoms with E-state index < -0.39 is 32.4 Å². The van der Waals surface area contributed by atoms with Crippen LogP contribution in [0.3, 0.4) is 0 Å². The number of nitrogen functional groups attached to an aromatic ring is 1. The Kier molecular flexibility index (Phi) is 5.37. The predicted octanol–water partition coefficient (Wildman–Crippen LogP) is 5.10. The summed E-state index contributed by atoms with van der Waals surface area (Å²) < 4.78 is 68.5.